The molecule has 0 radical (unpaired) electrons. The van der Waals surface area contributed by atoms with Gasteiger partial charge in [-0.2, -0.15) is 0 Å². The minimum atomic E-state index is 0.646. The number of nitrogens with zero attached hydrogens (tertiary/aromatic N) is 3. The van der Waals surface area contributed by atoms with E-state index in [1.54, 1.807) is 4.42 Å². The van der Waals surface area contributed by atoms with E-state index in [1.165, 1.54) is 19.3 Å². The highest BCUT2D eigenvalue weighted by molar-refractivity contribution is 6.26. The van der Waals surface area contributed by atoms with Crippen molar-refractivity contribution in [2.45, 2.75) is 32.6 Å². The first-order valence-electron chi connectivity index (χ1n) is 6.24. The maximum atomic E-state index is 6.19. The summed E-state index contributed by atoms with van der Waals surface area (Å²) in [7, 11) is 0. The first-order chi connectivity index (χ1) is 8.29. The number of rotatable bonds is 5. The van der Waals surface area contributed by atoms with Crippen molar-refractivity contribution in [1.82, 2.24) is 9.32 Å². The molecule has 1 aliphatic rings. The van der Waals surface area contributed by atoms with Gasteiger partial charge in [-0.1, -0.05) is 26.2 Å². The number of halogens is 2. The Hall–Kier alpha value is -0.190. The molecule has 0 amide bonds. The predicted molar refractivity (Wildman–Crippen MR) is 72.4 cm³/mol. The molecule has 0 unspecified atom stereocenters. The number of ether oxygens (including phenoxy) is 1. The highest BCUT2D eigenvalue weighted by atomic mass is 35.5. The van der Waals surface area contributed by atoms with E-state index in [4.69, 9.17) is 28.3 Å². The first kappa shape index (κ1) is 14.9. The average Bonchev–Trinajstić information content (AvgIpc) is 2.37. The summed E-state index contributed by atoms with van der Waals surface area (Å²) in [5, 5.41) is 0. The van der Waals surface area contributed by atoms with E-state index >= 15 is 0 Å². The van der Waals surface area contributed by atoms with Crippen LogP contribution in [-0.4, -0.2) is 48.1 Å². The number of morpholine rings is 1. The first-order valence-corrected chi connectivity index (χ1v) is 6.92. The predicted octanol–water partition coefficient (Wildman–Crippen LogP) is 2.86. The summed E-state index contributed by atoms with van der Waals surface area (Å²) in [5.41, 5.74) is 0. The minimum Gasteiger partial charge on any atom is -0.378 e. The standard InChI is InChI=1S/C11H21Cl2N3O/c1-2-3-4-5-6-16(13)11(14-12)15-7-9-17-10-8-15/h2-10H2,1H3. The fourth-order valence-electron chi connectivity index (χ4n) is 1.79. The normalized spacial score (nSPS) is 17.4. The molecule has 1 heterocycles. The monoisotopic (exact) mass is 281 g/mol. The van der Waals surface area contributed by atoms with E-state index in [-0.39, 0.29) is 0 Å². The Morgan fingerprint density at radius 3 is 2.59 bits per heavy atom. The van der Waals surface area contributed by atoms with E-state index in [0.29, 0.717) is 19.2 Å². The zero-order valence-corrected chi connectivity index (χ0v) is 11.9. The molecule has 1 fully saturated rings. The van der Waals surface area contributed by atoms with Crippen LogP contribution in [0.15, 0.2) is 4.51 Å². The molecule has 0 aromatic heterocycles. The van der Waals surface area contributed by atoms with Crippen LogP contribution >= 0.6 is 23.6 Å². The molecule has 1 aliphatic heterocycles. The molecule has 0 N–H and O–H groups in total. The van der Waals surface area contributed by atoms with Crippen LogP contribution in [0.4, 0.5) is 0 Å². The molecule has 0 saturated carbocycles. The van der Waals surface area contributed by atoms with Gasteiger partial charge in [0.15, 0.2) is 0 Å². The molecular weight excluding hydrogens is 261 g/mol. The maximum Gasteiger partial charge on any atom is 0.229 e. The fraction of sp³-hybridized carbons (Fsp3) is 0.909. The van der Waals surface area contributed by atoms with Gasteiger partial charge in [-0.15, -0.1) is 4.51 Å². The van der Waals surface area contributed by atoms with Crippen LogP contribution in [0.5, 0.6) is 0 Å². The maximum absolute atomic E-state index is 6.19. The van der Waals surface area contributed by atoms with Crippen molar-refractivity contribution in [2.75, 3.05) is 32.8 Å². The zero-order valence-electron chi connectivity index (χ0n) is 10.4. The molecule has 0 atom stereocenters. The van der Waals surface area contributed by atoms with Gasteiger partial charge in [-0.25, -0.2) is 0 Å². The minimum absolute atomic E-state index is 0.646. The third-order valence-electron chi connectivity index (χ3n) is 2.79. The summed E-state index contributed by atoms with van der Waals surface area (Å²) in [5.74, 6) is 0.646. The fourth-order valence-corrected chi connectivity index (χ4v) is 2.29. The summed E-state index contributed by atoms with van der Waals surface area (Å²) >= 11 is 11.8. The highest BCUT2D eigenvalue weighted by Gasteiger charge is 2.19. The van der Waals surface area contributed by atoms with Crippen molar-refractivity contribution in [3.8, 4) is 0 Å². The second-order valence-corrected chi connectivity index (χ2v) is 4.71. The molecule has 0 aliphatic carbocycles. The lowest BCUT2D eigenvalue weighted by molar-refractivity contribution is 0.0647. The molecule has 6 heteroatoms. The Bertz CT molecular complexity index is 233. The Labute approximate surface area is 114 Å². The van der Waals surface area contributed by atoms with Crippen molar-refractivity contribution >= 4 is 29.5 Å². The second-order valence-electron chi connectivity index (χ2n) is 4.13. The number of hydrogen-bond donors (Lipinski definition) is 0. The molecule has 0 aromatic carbocycles. The van der Waals surface area contributed by atoms with Crippen LogP contribution in [-0.2, 0) is 4.74 Å². The summed E-state index contributed by atoms with van der Waals surface area (Å²) < 4.78 is 10.7. The Morgan fingerprint density at radius 2 is 2.00 bits per heavy atom. The van der Waals surface area contributed by atoms with Gasteiger partial charge < -0.3 is 9.64 Å². The quantitative estimate of drug-likeness (QED) is 0.336. The van der Waals surface area contributed by atoms with Crippen molar-refractivity contribution in [1.29, 1.82) is 0 Å². The van der Waals surface area contributed by atoms with Crippen LogP contribution in [0.25, 0.3) is 0 Å². The summed E-state index contributed by atoms with van der Waals surface area (Å²) in [6, 6.07) is 0. The third-order valence-corrected chi connectivity index (χ3v) is 3.27. The molecule has 1 saturated heterocycles. The Kier molecular flexibility index (Phi) is 7.73. The molecule has 100 valence electrons. The molecule has 17 heavy (non-hydrogen) atoms. The Morgan fingerprint density at radius 1 is 1.29 bits per heavy atom. The number of hydrogen-bond acceptors (Lipinski definition) is 2. The van der Waals surface area contributed by atoms with Gasteiger partial charge in [0.2, 0.25) is 5.96 Å². The van der Waals surface area contributed by atoms with Crippen LogP contribution in [0.2, 0.25) is 0 Å². The highest BCUT2D eigenvalue weighted by Crippen LogP contribution is 2.10. The van der Waals surface area contributed by atoms with Gasteiger partial charge in [0.25, 0.3) is 0 Å². The van der Waals surface area contributed by atoms with Crippen LogP contribution in [0.3, 0.4) is 0 Å². The Balaban J connectivity index is 2.32. The van der Waals surface area contributed by atoms with E-state index in [9.17, 15) is 0 Å². The van der Waals surface area contributed by atoms with Crippen molar-refractivity contribution in [3.63, 3.8) is 0 Å². The molecule has 0 bridgehead atoms. The molecule has 0 aromatic rings. The van der Waals surface area contributed by atoms with Crippen LogP contribution in [0.1, 0.15) is 32.6 Å². The smallest absolute Gasteiger partial charge is 0.229 e. The lowest BCUT2D eigenvalue weighted by atomic mass is 10.2. The zero-order chi connectivity index (χ0) is 12.5. The second kappa shape index (κ2) is 8.84. The van der Waals surface area contributed by atoms with E-state index in [1.807, 2.05) is 0 Å². The van der Waals surface area contributed by atoms with Gasteiger partial charge in [-0.3, -0.25) is 4.42 Å². The van der Waals surface area contributed by atoms with Crippen molar-refractivity contribution in [2.24, 2.45) is 4.51 Å². The van der Waals surface area contributed by atoms with Gasteiger partial charge >= 0.3 is 0 Å². The van der Waals surface area contributed by atoms with Gasteiger partial charge in [0.1, 0.15) is 0 Å². The third kappa shape index (κ3) is 5.32. The van der Waals surface area contributed by atoms with Crippen molar-refractivity contribution in [3.05, 3.63) is 0 Å². The summed E-state index contributed by atoms with van der Waals surface area (Å²) in [6.07, 6.45) is 4.73. The van der Waals surface area contributed by atoms with E-state index in [0.717, 1.165) is 26.1 Å². The topological polar surface area (TPSA) is 28.1 Å². The van der Waals surface area contributed by atoms with E-state index < -0.39 is 0 Å². The molecule has 1 rings (SSSR count). The lowest BCUT2D eigenvalue weighted by Gasteiger charge is -2.32. The van der Waals surface area contributed by atoms with Crippen molar-refractivity contribution < 1.29 is 4.74 Å². The average molecular weight is 282 g/mol. The van der Waals surface area contributed by atoms with Crippen LogP contribution in [0, 0.1) is 0 Å². The molecule has 4 nitrogen and oxygen atoms in total. The largest absolute Gasteiger partial charge is 0.378 e. The van der Waals surface area contributed by atoms with Gasteiger partial charge in [0, 0.05) is 43.2 Å². The summed E-state index contributed by atoms with van der Waals surface area (Å²) in [6.45, 7) is 5.97. The molecule has 0 spiro atoms. The number of guanidine groups is 1. The summed E-state index contributed by atoms with van der Waals surface area (Å²) in [4.78, 5) is 2.06. The van der Waals surface area contributed by atoms with Crippen LogP contribution < -0.4 is 0 Å². The lowest BCUT2D eigenvalue weighted by Crippen LogP contribution is -2.46. The van der Waals surface area contributed by atoms with E-state index in [2.05, 4.69) is 16.3 Å². The van der Waals surface area contributed by atoms with Gasteiger partial charge in [0.05, 0.1) is 13.2 Å². The van der Waals surface area contributed by atoms with Gasteiger partial charge in [-0.05, 0) is 6.42 Å². The number of unbranched alkanes of at least 4 members (excludes halogenated alkanes) is 3. The SMILES string of the molecule is CCCCCCN(Cl)C(=NCl)N1CCOCC1. The molecular formula is C11H21Cl2N3O.